The molecule has 1 aliphatic rings. The third-order valence-electron chi connectivity index (χ3n) is 5.22. The van der Waals surface area contributed by atoms with Gasteiger partial charge in [-0.3, -0.25) is 14.5 Å². The molecule has 1 saturated heterocycles. The summed E-state index contributed by atoms with van der Waals surface area (Å²) in [6.07, 6.45) is 0.489. The molecule has 6 heteroatoms. The summed E-state index contributed by atoms with van der Waals surface area (Å²) < 4.78 is 5.16. The van der Waals surface area contributed by atoms with Gasteiger partial charge in [0.25, 0.3) is 0 Å². The highest BCUT2D eigenvalue weighted by atomic mass is 16.5. The van der Waals surface area contributed by atoms with E-state index in [1.165, 1.54) is 0 Å². The zero-order valence-electron chi connectivity index (χ0n) is 17.3. The molecule has 1 aromatic rings. The minimum atomic E-state index is -0.0204. The lowest BCUT2D eigenvalue weighted by Gasteiger charge is -2.44. The van der Waals surface area contributed by atoms with Gasteiger partial charge in [-0.2, -0.15) is 0 Å². The zero-order chi connectivity index (χ0) is 20.0. The molecule has 0 aromatic heterocycles. The van der Waals surface area contributed by atoms with Crippen LogP contribution in [0.4, 0.5) is 0 Å². The van der Waals surface area contributed by atoms with Crippen molar-refractivity contribution in [3.05, 3.63) is 29.8 Å². The number of amides is 1. The third kappa shape index (κ3) is 6.04. The van der Waals surface area contributed by atoms with Gasteiger partial charge in [-0.1, -0.05) is 12.1 Å². The average molecular weight is 376 g/mol. The molecule has 1 heterocycles. The minimum Gasteiger partial charge on any atom is -0.497 e. The summed E-state index contributed by atoms with van der Waals surface area (Å²) in [5.74, 6) is 0.703. The maximum Gasteiger partial charge on any atom is 0.223 e. The van der Waals surface area contributed by atoms with E-state index in [1.54, 1.807) is 31.4 Å². The largest absolute Gasteiger partial charge is 0.497 e. The Kier molecular flexibility index (Phi) is 7.80. The molecule has 150 valence electrons. The predicted octanol–water partition coefficient (Wildman–Crippen LogP) is 2.14. The van der Waals surface area contributed by atoms with E-state index in [2.05, 4.69) is 37.7 Å². The number of hydrogen-bond donors (Lipinski definition) is 0. The monoisotopic (exact) mass is 375 g/mol. The highest BCUT2D eigenvalue weighted by Crippen LogP contribution is 2.18. The molecule has 1 fully saturated rings. The first-order valence-corrected chi connectivity index (χ1v) is 9.67. The number of ether oxygens (including phenoxy) is 1. The van der Waals surface area contributed by atoms with Crippen LogP contribution in [0.15, 0.2) is 24.3 Å². The van der Waals surface area contributed by atoms with Gasteiger partial charge in [-0.15, -0.1) is 0 Å². The maximum atomic E-state index is 12.6. The fourth-order valence-electron chi connectivity index (χ4n) is 3.64. The summed E-state index contributed by atoms with van der Waals surface area (Å²) >= 11 is 0. The van der Waals surface area contributed by atoms with E-state index in [9.17, 15) is 9.59 Å². The quantitative estimate of drug-likeness (QED) is 0.652. The topological polar surface area (TPSA) is 53.1 Å². The molecule has 0 radical (unpaired) electrons. The summed E-state index contributed by atoms with van der Waals surface area (Å²) in [6, 6.07) is 7.74. The summed E-state index contributed by atoms with van der Waals surface area (Å²) in [7, 11) is 5.73. The fourth-order valence-corrected chi connectivity index (χ4v) is 3.64. The number of ketones is 1. The van der Waals surface area contributed by atoms with E-state index in [0.717, 1.165) is 26.2 Å². The highest BCUT2D eigenvalue weighted by Gasteiger charge is 2.31. The number of benzene rings is 1. The molecule has 1 aliphatic heterocycles. The first kappa shape index (κ1) is 21.4. The first-order chi connectivity index (χ1) is 12.8. The van der Waals surface area contributed by atoms with Crippen LogP contribution in [-0.4, -0.2) is 85.9 Å². The van der Waals surface area contributed by atoms with Crippen molar-refractivity contribution in [2.24, 2.45) is 0 Å². The van der Waals surface area contributed by atoms with Crippen LogP contribution in [-0.2, 0) is 4.79 Å². The van der Waals surface area contributed by atoms with Crippen LogP contribution in [0.3, 0.4) is 0 Å². The van der Waals surface area contributed by atoms with Crippen LogP contribution in [0.1, 0.15) is 37.0 Å². The van der Waals surface area contributed by atoms with E-state index in [-0.39, 0.29) is 24.5 Å². The Balaban J connectivity index is 1.86. The van der Waals surface area contributed by atoms with Crippen molar-refractivity contribution in [3.63, 3.8) is 0 Å². The molecule has 2 rings (SSSR count). The molecular weight excluding hydrogens is 342 g/mol. The second kappa shape index (κ2) is 9.85. The molecule has 1 aromatic carbocycles. The molecule has 0 bridgehead atoms. The Bertz CT molecular complexity index is 635. The molecule has 2 atom stereocenters. The van der Waals surface area contributed by atoms with Crippen LogP contribution in [0.2, 0.25) is 0 Å². The van der Waals surface area contributed by atoms with Crippen molar-refractivity contribution < 1.29 is 14.3 Å². The molecular formula is C21H33N3O3. The Labute approximate surface area is 163 Å². The molecule has 0 spiro atoms. The number of likely N-dealkylation sites (N-methyl/N-ethyl adjacent to an activating group) is 1. The molecule has 0 aliphatic carbocycles. The fraction of sp³-hybridized carbons (Fsp3) is 0.619. The van der Waals surface area contributed by atoms with Gasteiger partial charge in [-0.05, 0) is 40.1 Å². The van der Waals surface area contributed by atoms with Crippen molar-refractivity contribution >= 4 is 11.7 Å². The number of Topliss-reactive ketones (excluding diaryl/α,β-unsaturated/α-hetero) is 1. The lowest BCUT2D eigenvalue weighted by Crippen LogP contribution is -2.59. The van der Waals surface area contributed by atoms with Crippen LogP contribution in [0.5, 0.6) is 5.75 Å². The lowest BCUT2D eigenvalue weighted by atomic mass is 10.0. The third-order valence-corrected chi connectivity index (χ3v) is 5.22. The van der Waals surface area contributed by atoms with Crippen molar-refractivity contribution in [1.29, 1.82) is 0 Å². The van der Waals surface area contributed by atoms with Gasteiger partial charge in [0.1, 0.15) is 5.75 Å². The summed E-state index contributed by atoms with van der Waals surface area (Å²) in [6.45, 7) is 7.82. The van der Waals surface area contributed by atoms with E-state index in [0.29, 0.717) is 23.4 Å². The van der Waals surface area contributed by atoms with E-state index in [1.807, 2.05) is 4.90 Å². The summed E-state index contributed by atoms with van der Waals surface area (Å²) in [5, 5.41) is 0. The molecule has 0 N–H and O–H groups in total. The van der Waals surface area contributed by atoms with Gasteiger partial charge in [0, 0.05) is 56.7 Å². The van der Waals surface area contributed by atoms with Crippen molar-refractivity contribution in [2.45, 2.75) is 38.8 Å². The molecule has 2 unspecified atom stereocenters. The maximum absolute atomic E-state index is 12.6. The predicted molar refractivity (Wildman–Crippen MR) is 107 cm³/mol. The van der Waals surface area contributed by atoms with Gasteiger partial charge >= 0.3 is 0 Å². The average Bonchev–Trinajstić information content (AvgIpc) is 2.64. The highest BCUT2D eigenvalue weighted by molar-refractivity contribution is 5.98. The van der Waals surface area contributed by atoms with Crippen molar-refractivity contribution in [3.8, 4) is 5.75 Å². The van der Waals surface area contributed by atoms with Gasteiger partial charge < -0.3 is 14.5 Å². The van der Waals surface area contributed by atoms with Crippen LogP contribution in [0.25, 0.3) is 0 Å². The van der Waals surface area contributed by atoms with Crippen molar-refractivity contribution in [2.75, 3.05) is 47.4 Å². The summed E-state index contributed by atoms with van der Waals surface area (Å²) in [4.78, 5) is 31.6. The molecule has 27 heavy (non-hydrogen) atoms. The number of hydrogen-bond acceptors (Lipinski definition) is 5. The van der Waals surface area contributed by atoms with E-state index < -0.39 is 0 Å². The normalized spacial score (nSPS) is 20.7. The number of piperazine rings is 1. The van der Waals surface area contributed by atoms with Gasteiger partial charge in [0.15, 0.2) is 5.78 Å². The van der Waals surface area contributed by atoms with Crippen LogP contribution < -0.4 is 4.74 Å². The SMILES string of the molecule is COc1cccc(C(=O)CCC(=O)N2CC(C)N(CCN(C)C)C(C)C2)c1. The second-order valence-corrected chi connectivity index (χ2v) is 7.69. The van der Waals surface area contributed by atoms with Crippen LogP contribution >= 0.6 is 0 Å². The summed E-state index contributed by atoms with van der Waals surface area (Å²) in [5.41, 5.74) is 0.595. The smallest absolute Gasteiger partial charge is 0.223 e. The molecule has 0 saturated carbocycles. The van der Waals surface area contributed by atoms with E-state index >= 15 is 0 Å². The molecule has 1 amide bonds. The van der Waals surface area contributed by atoms with Gasteiger partial charge in [0.05, 0.1) is 7.11 Å². The molecule has 6 nitrogen and oxygen atoms in total. The number of rotatable bonds is 8. The Hall–Kier alpha value is -1.92. The van der Waals surface area contributed by atoms with Gasteiger partial charge in [-0.25, -0.2) is 0 Å². The second-order valence-electron chi connectivity index (χ2n) is 7.69. The number of nitrogens with zero attached hydrogens (tertiary/aromatic N) is 3. The Morgan fingerprint density at radius 3 is 2.41 bits per heavy atom. The Morgan fingerprint density at radius 2 is 1.81 bits per heavy atom. The van der Waals surface area contributed by atoms with Gasteiger partial charge in [0.2, 0.25) is 5.91 Å². The number of carbonyl (C=O) groups is 2. The standard InChI is InChI=1S/C21H33N3O3/c1-16-14-23(15-17(2)24(16)12-11-22(3)4)21(26)10-9-20(25)18-7-6-8-19(13-18)27-5/h6-8,13,16-17H,9-12,14-15H2,1-5H3. The van der Waals surface area contributed by atoms with E-state index in [4.69, 9.17) is 4.74 Å². The van der Waals surface area contributed by atoms with Crippen LogP contribution in [0, 0.1) is 0 Å². The Morgan fingerprint density at radius 1 is 1.15 bits per heavy atom. The number of methoxy groups -OCH3 is 1. The zero-order valence-corrected chi connectivity index (χ0v) is 17.3. The van der Waals surface area contributed by atoms with Crippen molar-refractivity contribution in [1.82, 2.24) is 14.7 Å². The number of carbonyl (C=O) groups excluding carboxylic acids is 2. The lowest BCUT2D eigenvalue weighted by molar-refractivity contribution is -0.135. The first-order valence-electron chi connectivity index (χ1n) is 9.67. The minimum absolute atomic E-state index is 0.0204.